The Kier molecular flexibility index (Phi) is 9.12. The van der Waals surface area contributed by atoms with Gasteiger partial charge in [0.15, 0.2) is 5.16 Å². The van der Waals surface area contributed by atoms with E-state index in [1.807, 2.05) is 30.3 Å². The third kappa shape index (κ3) is 6.92. The molecule has 3 rings (SSSR count). The monoisotopic (exact) mass is 444 g/mol. The molecule has 1 unspecified atom stereocenters. The van der Waals surface area contributed by atoms with Gasteiger partial charge in [-0.25, -0.2) is 9.97 Å². The molecule has 0 radical (unpaired) electrons. The first-order valence-corrected chi connectivity index (χ1v) is 11.8. The maximum atomic E-state index is 12.5. The predicted octanol–water partition coefficient (Wildman–Crippen LogP) is 3.67. The van der Waals surface area contributed by atoms with Crippen LogP contribution < -0.4 is 10.2 Å². The average molecular weight is 445 g/mol. The van der Waals surface area contributed by atoms with Gasteiger partial charge in [0.05, 0.1) is 18.4 Å². The Labute approximate surface area is 188 Å². The van der Waals surface area contributed by atoms with Crippen LogP contribution in [0.5, 0.6) is 0 Å². The Morgan fingerprint density at radius 1 is 1.29 bits per heavy atom. The van der Waals surface area contributed by atoms with Crippen molar-refractivity contribution in [3.63, 3.8) is 0 Å². The van der Waals surface area contributed by atoms with Crippen LogP contribution in [0.3, 0.4) is 0 Å². The van der Waals surface area contributed by atoms with E-state index in [1.54, 1.807) is 18.9 Å². The average Bonchev–Trinajstić information content (AvgIpc) is 3.31. The van der Waals surface area contributed by atoms with Crippen molar-refractivity contribution in [1.29, 1.82) is 0 Å². The van der Waals surface area contributed by atoms with Crippen LogP contribution in [0.2, 0.25) is 0 Å². The standard InChI is InChI=1S/C23H32N4O3S/c1-4-27(5-2)21-13-19(15-29-3)25-23(26-21)31-16-17-8-6-9-18(12-17)22(28)24-14-20-10-7-11-30-20/h6,8-9,12-13,20H,4-5,7,10-11,14-16H2,1-3H3,(H,24,28). The minimum absolute atomic E-state index is 0.0653. The Morgan fingerprint density at radius 2 is 2.13 bits per heavy atom. The van der Waals surface area contributed by atoms with E-state index >= 15 is 0 Å². The Balaban J connectivity index is 1.64. The first-order valence-electron chi connectivity index (χ1n) is 10.9. The van der Waals surface area contributed by atoms with E-state index in [2.05, 4.69) is 29.0 Å². The number of aromatic nitrogens is 2. The van der Waals surface area contributed by atoms with E-state index in [0.29, 0.717) is 29.6 Å². The molecule has 0 spiro atoms. The lowest BCUT2D eigenvalue weighted by atomic mass is 10.1. The maximum Gasteiger partial charge on any atom is 0.251 e. The Morgan fingerprint density at radius 3 is 2.84 bits per heavy atom. The molecule has 1 amide bonds. The number of nitrogens with one attached hydrogen (secondary N) is 1. The number of rotatable bonds is 11. The summed E-state index contributed by atoms with van der Waals surface area (Å²) in [6.45, 7) is 7.79. The van der Waals surface area contributed by atoms with Gasteiger partial charge < -0.3 is 19.7 Å². The Bertz CT molecular complexity index is 854. The van der Waals surface area contributed by atoms with Gasteiger partial charge in [-0.1, -0.05) is 23.9 Å². The zero-order valence-electron chi connectivity index (χ0n) is 18.6. The molecule has 168 valence electrons. The van der Waals surface area contributed by atoms with Gasteiger partial charge >= 0.3 is 0 Å². The summed E-state index contributed by atoms with van der Waals surface area (Å²) in [5, 5.41) is 3.69. The zero-order valence-corrected chi connectivity index (χ0v) is 19.4. The molecular formula is C23H32N4O3S. The molecule has 7 nitrogen and oxygen atoms in total. The number of anilines is 1. The molecule has 1 aromatic carbocycles. The number of methoxy groups -OCH3 is 1. The van der Waals surface area contributed by atoms with Crippen molar-refractivity contribution in [2.45, 2.75) is 50.3 Å². The fourth-order valence-corrected chi connectivity index (χ4v) is 4.33. The highest BCUT2D eigenvalue weighted by atomic mass is 32.2. The smallest absolute Gasteiger partial charge is 0.251 e. The van der Waals surface area contributed by atoms with Gasteiger partial charge in [-0.2, -0.15) is 0 Å². The third-order valence-corrected chi connectivity index (χ3v) is 6.11. The summed E-state index contributed by atoms with van der Waals surface area (Å²) in [5.41, 5.74) is 2.58. The van der Waals surface area contributed by atoms with Crippen molar-refractivity contribution in [1.82, 2.24) is 15.3 Å². The molecule has 1 aliphatic rings. The van der Waals surface area contributed by atoms with Crippen LogP contribution in [0.25, 0.3) is 0 Å². The summed E-state index contributed by atoms with van der Waals surface area (Å²) in [6.07, 6.45) is 2.21. The molecule has 1 atom stereocenters. The van der Waals surface area contributed by atoms with Gasteiger partial charge in [0, 0.05) is 50.7 Å². The van der Waals surface area contributed by atoms with Crippen molar-refractivity contribution < 1.29 is 14.3 Å². The molecule has 0 saturated carbocycles. The fourth-order valence-electron chi connectivity index (χ4n) is 3.52. The molecule has 1 aliphatic heterocycles. The lowest BCUT2D eigenvalue weighted by molar-refractivity contribution is 0.0857. The normalized spacial score (nSPS) is 15.8. The van der Waals surface area contributed by atoms with Crippen LogP contribution in [-0.4, -0.2) is 55.3 Å². The predicted molar refractivity (Wildman–Crippen MR) is 124 cm³/mol. The highest BCUT2D eigenvalue weighted by molar-refractivity contribution is 7.98. The van der Waals surface area contributed by atoms with E-state index < -0.39 is 0 Å². The molecule has 0 aliphatic carbocycles. The lowest BCUT2D eigenvalue weighted by Crippen LogP contribution is -2.31. The summed E-state index contributed by atoms with van der Waals surface area (Å²) in [7, 11) is 1.67. The fraction of sp³-hybridized carbons (Fsp3) is 0.522. The largest absolute Gasteiger partial charge is 0.378 e. The van der Waals surface area contributed by atoms with Crippen LogP contribution in [0.1, 0.15) is 48.3 Å². The summed E-state index contributed by atoms with van der Waals surface area (Å²) in [6, 6.07) is 9.70. The van der Waals surface area contributed by atoms with Crippen LogP contribution in [0, 0.1) is 0 Å². The Hall–Kier alpha value is -2.16. The van der Waals surface area contributed by atoms with Gasteiger partial charge in [-0.15, -0.1) is 0 Å². The minimum atomic E-state index is -0.0653. The molecular weight excluding hydrogens is 412 g/mol. The second kappa shape index (κ2) is 12.0. The number of carbonyl (C=O) groups excluding carboxylic acids is 1. The van der Waals surface area contributed by atoms with E-state index in [-0.39, 0.29) is 12.0 Å². The quantitative estimate of drug-likeness (QED) is 0.419. The van der Waals surface area contributed by atoms with E-state index in [4.69, 9.17) is 14.5 Å². The number of thioether (sulfide) groups is 1. The second-order valence-electron chi connectivity index (χ2n) is 7.44. The van der Waals surface area contributed by atoms with Gasteiger partial charge in [-0.3, -0.25) is 4.79 Å². The molecule has 1 aromatic heterocycles. The number of amides is 1. The van der Waals surface area contributed by atoms with Crippen molar-refractivity contribution >= 4 is 23.5 Å². The minimum Gasteiger partial charge on any atom is -0.378 e. The molecule has 31 heavy (non-hydrogen) atoms. The number of hydrogen-bond acceptors (Lipinski definition) is 7. The van der Waals surface area contributed by atoms with Crippen LogP contribution in [0.15, 0.2) is 35.5 Å². The van der Waals surface area contributed by atoms with Crippen LogP contribution >= 0.6 is 11.8 Å². The van der Waals surface area contributed by atoms with Gasteiger partial charge in [0.1, 0.15) is 5.82 Å². The van der Waals surface area contributed by atoms with Crippen molar-refractivity contribution in [3.05, 3.63) is 47.2 Å². The van der Waals surface area contributed by atoms with Crippen molar-refractivity contribution in [3.8, 4) is 0 Å². The number of nitrogens with zero attached hydrogens (tertiary/aromatic N) is 3. The molecule has 1 N–H and O–H groups in total. The summed E-state index contributed by atoms with van der Waals surface area (Å²) < 4.78 is 10.9. The SMILES string of the molecule is CCN(CC)c1cc(COC)nc(SCc2cccc(C(=O)NCC3CCCO3)c2)n1. The molecule has 1 saturated heterocycles. The van der Waals surface area contributed by atoms with E-state index in [1.165, 1.54) is 0 Å². The molecule has 0 bridgehead atoms. The highest BCUT2D eigenvalue weighted by Crippen LogP contribution is 2.24. The van der Waals surface area contributed by atoms with Crippen LogP contribution in [0.4, 0.5) is 5.82 Å². The number of carbonyl (C=O) groups is 1. The first-order chi connectivity index (χ1) is 15.1. The van der Waals surface area contributed by atoms with Gasteiger partial charge in [0.2, 0.25) is 0 Å². The maximum absolute atomic E-state index is 12.5. The van der Waals surface area contributed by atoms with Crippen molar-refractivity contribution in [2.24, 2.45) is 0 Å². The molecule has 2 heterocycles. The zero-order chi connectivity index (χ0) is 22.1. The molecule has 1 fully saturated rings. The highest BCUT2D eigenvalue weighted by Gasteiger charge is 2.17. The van der Waals surface area contributed by atoms with Gasteiger partial charge in [0.25, 0.3) is 5.91 Å². The molecule has 8 heteroatoms. The van der Waals surface area contributed by atoms with Crippen molar-refractivity contribution in [2.75, 3.05) is 38.3 Å². The third-order valence-electron chi connectivity index (χ3n) is 5.20. The van der Waals surface area contributed by atoms with E-state index in [9.17, 15) is 4.79 Å². The molecule has 2 aromatic rings. The lowest BCUT2D eigenvalue weighted by Gasteiger charge is -2.20. The van der Waals surface area contributed by atoms with E-state index in [0.717, 1.165) is 49.6 Å². The number of hydrogen-bond donors (Lipinski definition) is 1. The van der Waals surface area contributed by atoms with Gasteiger partial charge in [-0.05, 0) is 44.4 Å². The number of benzene rings is 1. The first kappa shape index (κ1) is 23.5. The topological polar surface area (TPSA) is 76.6 Å². The number of ether oxygens (including phenoxy) is 2. The summed E-state index contributed by atoms with van der Waals surface area (Å²) in [5.74, 6) is 1.53. The second-order valence-corrected chi connectivity index (χ2v) is 8.38. The summed E-state index contributed by atoms with van der Waals surface area (Å²) >= 11 is 1.56. The summed E-state index contributed by atoms with van der Waals surface area (Å²) in [4.78, 5) is 24.1. The van der Waals surface area contributed by atoms with Crippen LogP contribution in [-0.2, 0) is 21.8 Å².